The second-order valence-electron chi connectivity index (χ2n) is 8.82. The van der Waals surface area contributed by atoms with Crippen LogP contribution < -0.4 is 10.4 Å². The maximum Gasteiger partial charge on any atom is 0.422 e. The number of halogens is 5. The number of aromatic nitrogens is 2. The summed E-state index contributed by atoms with van der Waals surface area (Å²) in [6.07, 6.45) is -5.12. The van der Waals surface area contributed by atoms with E-state index in [2.05, 4.69) is 0 Å². The van der Waals surface area contributed by atoms with Crippen molar-refractivity contribution in [3.8, 4) is 11.5 Å². The molecule has 0 radical (unpaired) electrons. The van der Waals surface area contributed by atoms with Gasteiger partial charge in [-0.1, -0.05) is 42.3 Å². The highest BCUT2D eigenvalue weighted by Gasteiger charge is 2.59. The smallest absolute Gasteiger partial charge is 0.422 e. The normalized spacial score (nSPS) is 14.3. The Bertz CT molecular complexity index is 1630. The molecule has 3 aromatic carbocycles. The molecule has 4 aromatic rings. The molecule has 1 aromatic heterocycles. The van der Waals surface area contributed by atoms with Gasteiger partial charge in [0.25, 0.3) is 0 Å². The third-order valence-corrected chi connectivity index (χ3v) is 7.17. The van der Waals surface area contributed by atoms with Crippen LogP contribution >= 0.6 is 23.2 Å². The number of aryl methyl sites for hydroxylation is 2. The summed E-state index contributed by atoms with van der Waals surface area (Å²) in [6.45, 7) is 1.19. The van der Waals surface area contributed by atoms with Gasteiger partial charge in [0.05, 0.1) is 11.0 Å². The summed E-state index contributed by atoms with van der Waals surface area (Å²) in [5.74, 6) is -2.87. The van der Waals surface area contributed by atoms with Gasteiger partial charge >= 0.3 is 17.8 Å². The lowest BCUT2D eigenvalue weighted by atomic mass is 9.77. The molecule has 0 aliphatic rings. The lowest BCUT2D eigenvalue weighted by Gasteiger charge is -2.37. The molecule has 7 nitrogen and oxygen atoms in total. The van der Waals surface area contributed by atoms with Gasteiger partial charge in [-0.05, 0) is 53.6 Å². The van der Waals surface area contributed by atoms with Crippen LogP contribution in [0.2, 0.25) is 10.0 Å². The van der Waals surface area contributed by atoms with Crippen molar-refractivity contribution in [3.05, 3.63) is 91.8 Å². The van der Waals surface area contributed by atoms with Gasteiger partial charge in [-0.3, -0.25) is 9.13 Å². The monoisotopic (exact) mass is 568 g/mol. The Hall–Kier alpha value is -3.47. The zero-order valence-corrected chi connectivity index (χ0v) is 21.7. The molecule has 0 spiro atoms. The van der Waals surface area contributed by atoms with Gasteiger partial charge in [-0.25, -0.2) is 9.59 Å². The Morgan fingerprint density at radius 3 is 2.24 bits per heavy atom. The lowest BCUT2D eigenvalue weighted by molar-refractivity contribution is -0.274. The summed E-state index contributed by atoms with van der Waals surface area (Å²) < 4.78 is 51.6. The van der Waals surface area contributed by atoms with Gasteiger partial charge < -0.3 is 14.9 Å². The number of hydrogen-bond acceptors (Lipinski definition) is 4. The Balaban J connectivity index is 1.76. The molecule has 1 heterocycles. The molecule has 0 aliphatic heterocycles. The first-order chi connectivity index (χ1) is 17.7. The minimum Gasteiger partial charge on any atom is -0.478 e. The standard InChI is InChI=1S/C26H21Cl2F3N2O5/c1-13(17-7-6-16(12-19(17)28)38-22-9-5-15(27)11-18(22)23(34)35)25(37,26(29,30)31)14-4-8-20-21(10-14)33(3)24(36)32(20)2/h4-13,37H,1-3H3,(H,34,35). The van der Waals surface area contributed by atoms with Crippen LogP contribution in [-0.2, 0) is 19.7 Å². The molecule has 2 unspecified atom stereocenters. The van der Waals surface area contributed by atoms with E-state index in [4.69, 9.17) is 27.9 Å². The Morgan fingerprint density at radius 1 is 0.974 bits per heavy atom. The molecule has 2 atom stereocenters. The number of imidazole rings is 1. The molecule has 200 valence electrons. The van der Waals surface area contributed by atoms with E-state index in [0.29, 0.717) is 5.52 Å². The number of fused-ring (bicyclic) bond motifs is 1. The van der Waals surface area contributed by atoms with E-state index in [1.54, 1.807) is 0 Å². The predicted octanol–water partition coefficient (Wildman–Crippen LogP) is 6.23. The Labute approximate surface area is 224 Å². The molecule has 12 heteroatoms. The summed E-state index contributed by atoms with van der Waals surface area (Å²) in [5, 5.41) is 20.7. The number of aromatic carboxylic acids is 1. The summed E-state index contributed by atoms with van der Waals surface area (Å²) in [5.41, 5.74) is -3.89. The van der Waals surface area contributed by atoms with Crippen LogP contribution in [0, 0.1) is 0 Å². The fourth-order valence-corrected chi connectivity index (χ4v) is 4.94. The highest BCUT2D eigenvalue weighted by atomic mass is 35.5. The molecule has 0 aliphatic carbocycles. The number of rotatable bonds is 6. The van der Waals surface area contributed by atoms with Crippen molar-refractivity contribution in [1.82, 2.24) is 9.13 Å². The van der Waals surface area contributed by atoms with Crippen LogP contribution in [0.5, 0.6) is 11.5 Å². The number of nitrogens with zero attached hydrogens (tertiary/aromatic N) is 2. The molecule has 0 saturated carbocycles. The molecule has 0 fully saturated rings. The average Bonchev–Trinajstić information content (AvgIpc) is 3.07. The van der Waals surface area contributed by atoms with E-state index < -0.39 is 34.9 Å². The van der Waals surface area contributed by atoms with Gasteiger partial charge in [-0.2, -0.15) is 13.2 Å². The topological polar surface area (TPSA) is 93.7 Å². The van der Waals surface area contributed by atoms with Gasteiger partial charge in [-0.15, -0.1) is 0 Å². The van der Waals surface area contributed by atoms with Crippen molar-refractivity contribution in [2.75, 3.05) is 0 Å². The molecule has 0 saturated heterocycles. The van der Waals surface area contributed by atoms with Crippen LogP contribution in [-0.4, -0.2) is 31.5 Å². The molecule has 0 amide bonds. The van der Waals surface area contributed by atoms with Crippen molar-refractivity contribution < 1.29 is 32.9 Å². The van der Waals surface area contributed by atoms with E-state index in [-0.39, 0.29) is 38.2 Å². The van der Waals surface area contributed by atoms with E-state index >= 15 is 0 Å². The minimum atomic E-state index is -5.12. The number of carboxylic acid groups (broad SMARTS) is 1. The van der Waals surface area contributed by atoms with E-state index in [1.807, 2.05) is 0 Å². The number of ether oxygens (including phenoxy) is 1. The quantitative estimate of drug-likeness (QED) is 0.287. The first kappa shape index (κ1) is 27.6. The number of hydrogen-bond donors (Lipinski definition) is 2. The van der Waals surface area contributed by atoms with E-state index in [0.717, 1.165) is 12.1 Å². The maximum atomic E-state index is 14.5. The van der Waals surface area contributed by atoms with Crippen molar-refractivity contribution >= 4 is 40.2 Å². The molecule has 38 heavy (non-hydrogen) atoms. The predicted molar refractivity (Wildman–Crippen MR) is 136 cm³/mol. The zero-order valence-electron chi connectivity index (χ0n) is 20.2. The lowest BCUT2D eigenvalue weighted by Crippen LogP contribution is -2.46. The Morgan fingerprint density at radius 2 is 1.63 bits per heavy atom. The summed E-state index contributed by atoms with van der Waals surface area (Å²) in [4.78, 5) is 23.8. The van der Waals surface area contributed by atoms with E-state index in [1.165, 1.54) is 72.6 Å². The largest absolute Gasteiger partial charge is 0.478 e. The van der Waals surface area contributed by atoms with Crippen LogP contribution in [0.15, 0.2) is 59.4 Å². The van der Waals surface area contributed by atoms with Crippen molar-refractivity contribution in [2.45, 2.75) is 24.6 Å². The molecule has 2 N–H and O–H groups in total. The summed E-state index contributed by atoms with van der Waals surface area (Å²) >= 11 is 12.2. The second kappa shape index (κ2) is 9.68. The molecular weight excluding hydrogens is 548 g/mol. The number of aliphatic hydroxyl groups is 1. The highest BCUT2D eigenvalue weighted by Crippen LogP contribution is 2.50. The van der Waals surface area contributed by atoms with Crippen LogP contribution in [0.1, 0.15) is 34.3 Å². The fraction of sp³-hybridized carbons (Fsp3) is 0.231. The molecule has 4 rings (SSSR count). The number of carbonyl (C=O) groups is 1. The third kappa shape index (κ3) is 4.53. The number of alkyl halides is 3. The van der Waals surface area contributed by atoms with Gasteiger partial charge in [0.1, 0.15) is 17.1 Å². The highest BCUT2D eigenvalue weighted by molar-refractivity contribution is 6.31. The third-order valence-electron chi connectivity index (χ3n) is 6.61. The molecular formula is C26H21Cl2F3N2O5. The SMILES string of the molecule is CC(c1ccc(Oc2ccc(Cl)cc2C(=O)O)cc1Cl)C(O)(c1ccc2c(c1)n(C)c(=O)n2C)C(F)(F)F. The van der Waals surface area contributed by atoms with Crippen LogP contribution in [0.3, 0.4) is 0 Å². The zero-order chi connectivity index (χ0) is 28.2. The first-order valence-corrected chi connectivity index (χ1v) is 11.9. The minimum absolute atomic E-state index is 0.0320. The fourth-order valence-electron chi connectivity index (χ4n) is 4.44. The van der Waals surface area contributed by atoms with Crippen molar-refractivity contribution in [3.63, 3.8) is 0 Å². The second-order valence-corrected chi connectivity index (χ2v) is 9.66. The van der Waals surface area contributed by atoms with Crippen LogP contribution in [0.4, 0.5) is 13.2 Å². The molecule has 0 bridgehead atoms. The van der Waals surface area contributed by atoms with Gasteiger partial charge in [0, 0.05) is 30.1 Å². The average molecular weight is 569 g/mol. The number of carboxylic acids is 1. The Kier molecular flexibility index (Phi) is 7.02. The van der Waals surface area contributed by atoms with Gasteiger partial charge in [0.2, 0.25) is 0 Å². The van der Waals surface area contributed by atoms with Crippen LogP contribution in [0.25, 0.3) is 11.0 Å². The van der Waals surface area contributed by atoms with E-state index in [9.17, 15) is 33.0 Å². The summed E-state index contributed by atoms with van der Waals surface area (Å²) in [7, 11) is 2.92. The first-order valence-electron chi connectivity index (χ1n) is 11.1. The van der Waals surface area contributed by atoms with Crippen molar-refractivity contribution in [2.24, 2.45) is 14.1 Å². The number of benzene rings is 3. The maximum absolute atomic E-state index is 14.5. The summed E-state index contributed by atoms with van der Waals surface area (Å²) in [6, 6.07) is 11.4. The van der Waals surface area contributed by atoms with Gasteiger partial charge in [0.15, 0.2) is 5.60 Å². The van der Waals surface area contributed by atoms with Crippen molar-refractivity contribution in [1.29, 1.82) is 0 Å².